The summed E-state index contributed by atoms with van der Waals surface area (Å²) in [5.41, 5.74) is 2.18. The van der Waals surface area contributed by atoms with Gasteiger partial charge in [0.1, 0.15) is 0 Å². The SMILES string of the molecule is CCOC(=O)c1ccc(N(Cc2cccnc2)C(=O)CC(C)C)cc1. The predicted molar refractivity (Wildman–Crippen MR) is 97.3 cm³/mol. The molecule has 1 aromatic heterocycles. The van der Waals surface area contributed by atoms with Gasteiger partial charge in [0.05, 0.1) is 18.7 Å². The van der Waals surface area contributed by atoms with Crippen LogP contribution < -0.4 is 4.90 Å². The number of benzene rings is 1. The summed E-state index contributed by atoms with van der Waals surface area (Å²) in [5.74, 6) is -0.0493. The number of carbonyl (C=O) groups is 2. The van der Waals surface area contributed by atoms with E-state index in [9.17, 15) is 9.59 Å². The first-order valence-corrected chi connectivity index (χ1v) is 8.47. The van der Waals surface area contributed by atoms with Crippen molar-refractivity contribution >= 4 is 17.6 Å². The molecule has 5 heteroatoms. The molecular weight excluding hydrogens is 316 g/mol. The average molecular weight is 340 g/mol. The molecule has 0 unspecified atom stereocenters. The van der Waals surface area contributed by atoms with Crippen LogP contribution in [0.2, 0.25) is 0 Å². The Balaban J connectivity index is 2.25. The van der Waals surface area contributed by atoms with Gasteiger partial charge in [0.25, 0.3) is 0 Å². The number of aromatic nitrogens is 1. The summed E-state index contributed by atoms with van der Waals surface area (Å²) in [7, 11) is 0. The van der Waals surface area contributed by atoms with Gasteiger partial charge in [-0.3, -0.25) is 9.78 Å². The van der Waals surface area contributed by atoms with Crippen LogP contribution in [-0.4, -0.2) is 23.5 Å². The van der Waals surface area contributed by atoms with Crippen LogP contribution in [0.4, 0.5) is 5.69 Å². The van der Waals surface area contributed by atoms with Gasteiger partial charge in [-0.15, -0.1) is 0 Å². The number of anilines is 1. The molecule has 0 radical (unpaired) electrons. The zero-order chi connectivity index (χ0) is 18.2. The van der Waals surface area contributed by atoms with Crippen molar-refractivity contribution in [3.63, 3.8) is 0 Å². The van der Waals surface area contributed by atoms with Gasteiger partial charge in [0.15, 0.2) is 0 Å². The molecule has 1 amide bonds. The van der Waals surface area contributed by atoms with Crippen molar-refractivity contribution in [3.05, 3.63) is 59.9 Å². The van der Waals surface area contributed by atoms with Crippen LogP contribution in [0.15, 0.2) is 48.8 Å². The third-order valence-corrected chi connectivity index (χ3v) is 3.64. The predicted octanol–water partition coefficient (Wildman–Crippen LogP) is 3.84. The number of esters is 1. The van der Waals surface area contributed by atoms with Gasteiger partial charge in [0.2, 0.25) is 5.91 Å². The van der Waals surface area contributed by atoms with Crippen LogP contribution in [0.3, 0.4) is 0 Å². The molecule has 5 nitrogen and oxygen atoms in total. The second-order valence-electron chi connectivity index (χ2n) is 6.21. The van der Waals surface area contributed by atoms with Gasteiger partial charge in [0, 0.05) is 24.5 Å². The van der Waals surface area contributed by atoms with E-state index in [1.165, 1.54) is 0 Å². The lowest BCUT2D eigenvalue weighted by Gasteiger charge is -2.24. The van der Waals surface area contributed by atoms with Crippen LogP contribution in [0.25, 0.3) is 0 Å². The van der Waals surface area contributed by atoms with E-state index in [2.05, 4.69) is 4.98 Å². The zero-order valence-corrected chi connectivity index (χ0v) is 14.9. The first-order chi connectivity index (χ1) is 12.0. The summed E-state index contributed by atoms with van der Waals surface area (Å²) in [6.07, 6.45) is 3.92. The lowest BCUT2D eigenvalue weighted by molar-refractivity contribution is -0.119. The summed E-state index contributed by atoms with van der Waals surface area (Å²) >= 11 is 0. The third-order valence-electron chi connectivity index (χ3n) is 3.64. The lowest BCUT2D eigenvalue weighted by atomic mass is 10.1. The first-order valence-electron chi connectivity index (χ1n) is 8.47. The molecule has 1 aromatic carbocycles. The molecule has 2 aromatic rings. The first kappa shape index (κ1) is 18.6. The fourth-order valence-corrected chi connectivity index (χ4v) is 2.45. The molecule has 132 valence electrons. The zero-order valence-electron chi connectivity index (χ0n) is 14.9. The molecule has 25 heavy (non-hydrogen) atoms. The Hall–Kier alpha value is -2.69. The minimum absolute atomic E-state index is 0.0442. The summed E-state index contributed by atoms with van der Waals surface area (Å²) in [4.78, 5) is 30.3. The van der Waals surface area contributed by atoms with E-state index in [0.717, 1.165) is 11.3 Å². The molecule has 0 bridgehead atoms. The van der Waals surface area contributed by atoms with Crippen molar-refractivity contribution in [1.29, 1.82) is 0 Å². The molecule has 0 fully saturated rings. The number of pyridine rings is 1. The van der Waals surface area contributed by atoms with Crippen molar-refractivity contribution < 1.29 is 14.3 Å². The monoisotopic (exact) mass is 340 g/mol. The Kier molecular flexibility index (Phi) is 6.69. The van der Waals surface area contributed by atoms with Crippen molar-refractivity contribution in [1.82, 2.24) is 4.98 Å². The quantitative estimate of drug-likeness (QED) is 0.719. The highest BCUT2D eigenvalue weighted by Crippen LogP contribution is 2.21. The standard InChI is InChI=1S/C20H24N2O3/c1-4-25-20(24)17-7-9-18(10-8-17)22(19(23)12-15(2)3)14-16-6-5-11-21-13-16/h5-11,13,15H,4,12,14H2,1-3H3. The molecule has 0 saturated carbocycles. The normalized spacial score (nSPS) is 10.6. The van der Waals surface area contributed by atoms with E-state index in [4.69, 9.17) is 4.74 Å². The maximum atomic E-state index is 12.7. The topological polar surface area (TPSA) is 59.5 Å². The Morgan fingerprint density at radius 3 is 2.44 bits per heavy atom. The van der Waals surface area contributed by atoms with Gasteiger partial charge in [-0.1, -0.05) is 19.9 Å². The number of nitrogens with zero attached hydrogens (tertiary/aromatic N) is 2. The fourth-order valence-electron chi connectivity index (χ4n) is 2.45. The average Bonchev–Trinajstić information content (AvgIpc) is 2.60. The van der Waals surface area contributed by atoms with Crippen molar-refractivity contribution in [2.75, 3.05) is 11.5 Å². The second kappa shape index (κ2) is 8.97. The number of carbonyl (C=O) groups excluding carboxylic acids is 2. The largest absolute Gasteiger partial charge is 0.462 e. The lowest BCUT2D eigenvalue weighted by Crippen LogP contribution is -2.31. The summed E-state index contributed by atoms with van der Waals surface area (Å²) < 4.78 is 5.00. The number of hydrogen-bond acceptors (Lipinski definition) is 4. The van der Waals surface area contributed by atoms with Crippen LogP contribution in [0.5, 0.6) is 0 Å². The highest BCUT2D eigenvalue weighted by molar-refractivity contribution is 5.94. The maximum Gasteiger partial charge on any atom is 0.338 e. The van der Waals surface area contributed by atoms with Crippen LogP contribution in [0.1, 0.15) is 43.1 Å². The van der Waals surface area contributed by atoms with E-state index < -0.39 is 0 Å². The van der Waals surface area contributed by atoms with Crippen molar-refractivity contribution in [2.24, 2.45) is 5.92 Å². The van der Waals surface area contributed by atoms with Crippen LogP contribution in [0, 0.1) is 5.92 Å². The van der Waals surface area contributed by atoms with Gasteiger partial charge < -0.3 is 9.64 Å². The summed E-state index contributed by atoms with van der Waals surface area (Å²) in [6.45, 7) is 6.58. The molecule has 2 rings (SSSR count). The van der Waals surface area contributed by atoms with E-state index in [1.807, 2.05) is 26.0 Å². The molecule has 1 heterocycles. The summed E-state index contributed by atoms with van der Waals surface area (Å²) in [5, 5.41) is 0. The smallest absolute Gasteiger partial charge is 0.338 e. The van der Waals surface area contributed by atoms with E-state index >= 15 is 0 Å². The Morgan fingerprint density at radius 2 is 1.88 bits per heavy atom. The van der Waals surface area contributed by atoms with E-state index in [1.54, 1.807) is 48.5 Å². The van der Waals surface area contributed by atoms with Crippen LogP contribution in [-0.2, 0) is 16.1 Å². The maximum absolute atomic E-state index is 12.7. The molecule has 0 aliphatic heterocycles. The Bertz CT molecular complexity index is 697. The minimum atomic E-state index is -0.360. The minimum Gasteiger partial charge on any atom is -0.462 e. The van der Waals surface area contributed by atoms with Gasteiger partial charge in [-0.25, -0.2) is 4.79 Å². The second-order valence-corrected chi connectivity index (χ2v) is 6.21. The number of amides is 1. The van der Waals surface area contributed by atoms with E-state index in [-0.39, 0.29) is 17.8 Å². The van der Waals surface area contributed by atoms with Crippen molar-refractivity contribution in [2.45, 2.75) is 33.7 Å². The molecule has 0 aliphatic rings. The Labute approximate surface area is 148 Å². The summed E-state index contributed by atoms with van der Waals surface area (Å²) in [6, 6.07) is 10.7. The molecule has 0 aliphatic carbocycles. The number of hydrogen-bond donors (Lipinski definition) is 0. The van der Waals surface area contributed by atoms with Crippen LogP contribution >= 0.6 is 0 Å². The highest BCUT2D eigenvalue weighted by Gasteiger charge is 2.18. The highest BCUT2D eigenvalue weighted by atomic mass is 16.5. The molecule has 0 atom stereocenters. The van der Waals surface area contributed by atoms with Gasteiger partial charge in [-0.2, -0.15) is 0 Å². The van der Waals surface area contributed by atoms with Crippen molar-refractivity contribution in [3.8, 4) is 0 Å². The number of ether oxygens (including phenoxy) is 1. The van der Waals surface area contributed by atoms with Gasteiger partial charge >= 0.3 is 5.97 Å². The molecule has 0 saturated heterocycles. The number of rotatable bonds is 7. The Morgan fingerprint density at radius 1 is 1.16 bits per heavy atom. The molecular formula is C20H24N2O3. The van der Waals surface area contributed by atoms with Gasteiger partial charge in [-0.05, 0) is 48.7 Å². The fraction of sp³-hybridized carbons (Fsp3) is 0.350. The third kappa shape index (κ3) is 5.41. The molecule has 0 spiro atoms. The van der Waals surface area contributed by atoms with E-state index in [0.29, 0.717) is 25.1 Å². The molecule has 0 N–H and O–H groups in total.